The fraction of sp³-hybridized carbons (Fsp3) is 0.970. The molecule has 0 heterocycles. The van der Waals surface area contributed by atoms with E-state index in [0.717, 1.165) is 0 Å². The zero-order chi connectivity index (χ0) is 30.8. The summed E-state index contributed by atoms with van der Waals surface area (Å²) in [5.41, 5.74) is -2.61. The van der Waals surface area contributed by atoms with Crippen LogP contribution in [0.25, 0.3) is 0 Å². The largest absolute Gasteiger partial charge is 0.461 e. The summed E-state index contributed by atoms with van der Waals surface area (Å²) in [6.07, 6.45) is 23.2. The fourth-order valence-corrected chi connectivity index (χ4v) is 6.32. The number of ether oxygens (including phenoxy) is 3. The first kappa shape index (κ1) is 40.9. The summed E-state index contributed by atoms with van der Waals surface area (Å²) in [6.45, 7) is 13.1. The summed E-state index contributed by atoms with van der Waals surface area (Å²) in [5, 5.41) is 10.8. The van der Waals surface area contributed by atoms with Gasteiger partial charge in [-0.2, -0.15) is 11.8 Å². The van der Waals surface area contributed by atoms with Crippen LogP contribution in [0.3, 0.4) is 0 Å². The van der Waals surface area contributed by atoms with Gasteiger partial charge in [-0.05, 0) is 37.4 Å². The standard InChI is InChI=1S/C33H67O6PS/c1-7-9-11-13-15-16-17-18-20-22-27-41-30(24-21-19-14-12-10-8-2)29(3)37-25-23-26-39-33(35,40-36)31(34)38-28-32(4,5)6/h29-30,35H,7-28,40H2,1-6H3. The van der Waals surface area contributed by atoms with E-state index in [0.29, 0.717) is 18.3 Å². The van der Waals surface area contributed by atoms with Gasteiger partial charge in [0.2, 0.25) is 0 Å². The van der Waals surface area contributed by atoms with Crippen LogP contribution in [0.5, 0.6) is 0 Å². The van der Waals surface area contributed by atoms with Crippen LogP contribution >= 0.6 is 20.2 Å². The highest BCUT2D eigenvalue weighted by atomic mass is 32.2. The first-order valence-electron chi connectivity index (χ1n) is 16.8. The zero-order valence-electron chi connectivity index (χ0n) is 27.7. The molecular weight excluding hydrogens is 555 g/mol. The van der Waals surface area contributed by atoms with Gasteiger partial charge in [-0.25, -0.2) is 4.79 Å². The van der Waals surface area contributed by atoms with Gasteiger partial charge in [0.25, 0.3) is 0 Å². The minimum Gasteiger partial charge on any atom is -0.461 e. The van der Waals surface area contributed by atoms with Gasteiger partial charge in [0.1, 0.15) is 8.46 Å². The number of carbonyl (C=O) groups excluding carboxylic acids is 1. The molecular formula is C33H67O6PS. The van der Waals surface area contributed by atoms with E-state index in [1.807, 2.05) is 20.8 Å². The molecule has 0 saturated heterocycles. The first-order chi connectivity index (χ1) is 19.6. The molecule has 0 aromatic rings. The van der Waals surface area contributed by atoms with E-state index in [4.69, 9.17) is 14.2 Å². The van der Waals surface area contributed by atoms with Crippen LogP contribution < -0.4 is 0 Å². The van der Waals surface area contributed by atoms with E-state index >= 15 is 0 Å². The lowest BCUT2D eigenvalue weighted by Gasteiger charge is -2.25. The van der Waals surface area contributed by atoms with Gasteiger partial charge < -0.3 is 23.9 Å². The summed E-state index contributed by atoms with van der Waals surface area (Å²) in [7, 11) is -1.89. The van der Waals surface area contributed by atoms with E-state index in [2.05, 4.69) is 32.5 Å². The van der Waals surface area contributed by atoms with E-state index < -0.39 is 20.0 Å². The molecule has 0 saturated carbocycles. The molecule has 0 bridgehead atoms. The second kappa shape index (κ2) is 26.3. The van der Waals surface area contributed by atoms with Crippen molar-refractivity contribution < 1.29 is 28.7 Å². The maximum Gasteiger partial charge on any atom is 0.374 e. The molecule has 0 aromatic carbocycles. The minimum absolute atomic E-state index is 0.0803. The number of carbonyl (C=O) groups is 1. The lowest BCUT2D eigenvalue weighted by Crippen LogP contribution is -2.39. The van der Waals surface area contributed by atoms with E-state index in [-0.39, 0.29) is 24.7 Å². The second-order valence-corrected chi connectivity index (χ2v) is 15.2. The molecule has 6 nitrogen and oxygen atoms in total. The quantitative estimate of drug-likeness (QED) is 0.0385. The van der Waals surface area contributed by atoms with Crippen molar-refractivity contribution in [1.29, 1.82) is 0 Å². The summed E-state index contributed by atoms with van der Waals surface area (Å²) in [5.74, 6) is 0.207. The Labute approximate surface area is 259 Å². The molecule has 0 spiro atoms. The van der Waals surface area contributed by atoms with Gasteiger partial charge in [-0.15, -0.1) is 0 Å². The lowest BCUT2D eigenvalue weighted by molar-refractivity contribution is -0.198. The number of aliphatic hydroxyl groups is 1. The van der Waals surface area contributed by atoms with Gasteiger partial charge >= 0.3 is 11.5 Å². The summed E-state index contributed by atoms with van der Waals surface area (Å²) in [6, 6.07) is 0. The van der Waals surface area contributed by atoms with E-state index in [9.17, 15) is 14.5 Å². The molecule has 0 aliphatic rings. The minimum atomic E-state index is -2.36. The highest BCUT2D eigenvalue weighted by Gasteiger charge is 2.39. The van der Waals surface area contributed by atoms with Crippen LogP contribution in [-0.2, 0) is 23.6 Å². The summed E-state index contributed by atoms with van der Waals surface area (Å²) in [4.78, 5) is 12.2. The number of esters is 1. The molecule has 0 radical (unpaired) electrons. The topological polar surface area (TPSA) is 82.1 Å². The smallest absolute Gasteiger partial charge is 0.374 e. The molecule has 0 fully saturated rings. The predicted molar refractivity (Wildman–Crippen MR) is 178 cm³/mol. The lowest BCUT2D eigenvalue weighted by atomic mass is 9.99. The number of unbranched alkanes of at least 4 members (excludes halogenated alkanes) is 14. The molecule has 246 valence electrons. The van der Waals surface area contributed by atoms with Crippen molar-refractivity contribution in [3.63, 3.8) is 0 Å². The molecule has 0 aromatic heterocycles. The Hall–Kier alpha value is -0.0700. The Morgan fingerprint density at radius 2 is 1.29 bits per heavy atom. The van der Waals surface area contributed by atoms with Gasteiger partial charge in [-0.3, -0.25) is 0 Å². The Balaban J connectivity index is 4.41. The zero-order valence-corrected chi connectivity index (χ0v) is 29.7. The maximum absolute atomic E-state index is 12.2. The Bertz CT molecular complexity index is 629. The molecule has 0 aliphatic heterocycles. The van der Waals surface area contributed by atoms with Crippen LogP contribution in [0, 0.1) is 5.41 Å². The van der Waals surface area contributed by atoms with Crippen molar-refractivity contribution >= 4 is 26.2 Å². The average molecular weight is 623 g/mol. The van der Waals surface area contributed by atoms with Crippen molar-refractivity contribution in [2.45, 2.75) is 174 Å². The van der Waals surface area contributed by atoms with Crippen molar-refractivity contribution in [3.05, 3.63) is 0 Å². The maximum atomic E-state index is 12.2. The number of rotatable bonds is 29. The highest BCUT2D eigenvalue weighted by Crippen LogP contribution is 2.27. The van der Waals surface area contributed by atoms with Crippen molar-refractivity contribution in [3.8, 4) is 0 Å². The SMILES string of the molecule is CCCCCCCCCCCCSC(CCCCCCCC)C(C)OCCCOC(O)([PH2]=O)C(=O)OCC(C)(C)C. The van der Waals surface area contributed by atoms with E-state index in [1.165, 1.54) is 115 Å². The van der Waals surface area contributed by atoms with Crippen molar-refractivity contribution in [2.24, 2.45) is 5.41 Å². The van der Waals surface area contributed by atoms with Crippen LogP contribution in [0.4, 0.5) is 0 Å². The first-order valence-corrected chi connectivity index (χ1v) is 18.9. The number of hydrogen-bond donors (Lipinski definition) is 1. The summed E-state index contributed by atoms with van der Waals surface area (Å²) < 4.78 is 28.2. The number of hydrogen-bond acceptors (Lipinski definition) is 7. The molecule has 0 rings (SSSR count). The third-order valence-corrected chi connectivity index (χ3v) is 9.57. The Kier molecular flexibility index (Phi) is 26.3. The van der Waals surface area contributed by atoms with Crippen LogP contribution in [0.15, 0.2) is 0 Å². The molecule has 0 amide bonds. The van der Waals surface area contributed by atoms with Crippen LogP contribution in [-0.4, -0.2) is 53.5 Å². The Morgan fingerprint density at radius 3 is 1.80 bits per heavy atom. The highest BCUT2D eigenvalue weighted by molar-refractivity contribution is 7.99. The van der Waals surface area contributed by atoms with Crippen LogP contribution in [0.2, 0.25) is 0 Å². The third-order valence-electron chi connectivity index (χ3n) is 7.28. The van der Waals surface area contributed by atoms with Gasteiger partial charge in [0.05, 0.1) is 19.3 Å². The monoisotopic (exact) mass is 622 g/mol. The molecule has 41 heavy (non-hydrogen) atoms. The van der Waals surface area contributed by atoms with E-state index in [1.54, 1.807) is 0 Å². The van der Waals surface area contributed by atoms with Gasteiger partial charge in [-0.1, -0.05) is 131 Å². The van der Waals surface area contributed by atoms with Crippen molar-refractivity contribution in [1.82, 2.24) is 0 Å². The fourth-order valence-electron chi connectivity index (χ4n) is 4.59. The average Bonchev–Trinajstić information content (AvgIpc) is 2.94. The van der Waals surface area contributed by atoms with Crippen molar-refractivity contribution in [2.75, 3.05) is 25.6 Å². The Morgan fingerprint density at radius 1 is 0.780 bits per heavy atom. The third kappa shape index (κ3) is 24.0. The van der Waals surface area contributed by atoms with Crippen LogP contribution in [0.1, 0.15) is 157 Å². The number of thioether (sulfide) groups is 1. The normalized spacial score (nSPS) is 15.3. The van der Waals surface area contributed by atoms with Gasteiger partial charge in [0.15, 0.2) is 0 Å². The van der Waals surface area contributed by atoms with Gasteiger partial charge in [0, 0.05) is 11.9 Å². The molecule has 8 heteroatoms. The predicted octanol–water partition coefficient (Wildman–Crippen LogP) is 9.56. The molecule has 1 N–H and O–H groups in total. The summed E-state index contributed by atoms with van der Waals surface area (Å²) >= 11 is 2.06. The second-order valence-electron chi connectivity index (χ2n) is 12.9. The molecule has 0 aliphatic carbocycles. The molecule has 4 atom stereocenters. The molecule has 4 unspecified atom stereocenters.